The van der Waals surface area contributed by atoms with E-state index in [2.05, 4.69) is 39.8 Å². The Morgan fingerprint density at radius 1 is 1.38 bits per heavy atom. The second-order valence-electron chi connectivity index (χ2n) is 4.15. The van der Waals surface area contributed by atoms with Crippen LogP contribution in [-0.2, 0) is 4.18 Å². The quantitative estimate of drug-likeness (QED) is 0.525. The Morgan fingerprint density at radius 3 is 2.62 bits per heavy atom. The summed E-state index contributed by atoms with van der Waals surface area (Å²) in [6, 6.07) is 0. The van der Waals surface area contributed by atoms with Crippen LogP contribution in [0.3, 0.4) is 0 Å². The van der Waals surface area contributed by atoms with E-state index in [1.54, 1.807) is 0 Å². The summed E-state index contributed by atoms with van der Waals surface area (Å²) in [6.45, 7) is 6.70. The smallest absolute Gasteiger partial charge is 0.114 e. The van der Waals surface area contributed by atoms with Crippen LogP contribution in [0.15, 0.2) is 23.5 Å². The zero-order valence-corrected chi connectivity index (χ0v) is 9.47. The molecule has 0 bridgehead atoms. The molecule has 0 aromatic carbocycles. The molecular weight excluding hydrogens is 180 g/mol. The predicted octanol–water partition coefficient (Wildman–Crippen LogP) is 3.74. The van der Waals surface area contributed by atoms with Gasteiger partial charge in [0.15, 0.2) is 0 Å². The molecule has 0 spiro atoms. The molecule has 1 aliphatic rings. The minimum atomic E-state index is 0.692. The van der Waals surface area contributed by atoms with E-state index in [-0.39, 0.29) is 0 Å². The SMILES string of the molecule is CC1=CC=C(OS)CC(C(C)C)C1. The monoisotopic (exact) mass is 198 g/mol. The van der Waals surface area contributed by atoms with Crippen LogP contribution in [0.2, 0.25) is 0 Å². The Hall–Kier alpha value is -0.370. The van der Waals surface area contributed by atoms with E-state index in [4.69, 9.17) is 4.18 Å². The molecule has 0 aromatic rings. The Kier molecular flexibility index (Phi) is 3.91. The Morgan fingerprint density at radius 2 is 2.08 bits per heavy atom. The third-order valence-electron chi connectivity index (χ3n) is 2.66. The van der Waals surface area contributed by atoms with Crippen LogP contribution in [0.1, 0.15) is 33.6 Å². The number of thiol groups is 1. The molecule has 1 atom stereocenters. The summed E-state index contributed by atoms with van der Waals surface area (Å²) in [5, 5.41) is 0. The summed E-state index contributed by atoms with van der Waals surface area (Å²) in [5.41, 5.74) is 1.43. The van der Waals surface area contributed by atoms with E-state index in [0.29, 0.717) is 11.8 Å². The molecule has 0 radical (unpaired) electrons. The van der Waals surface area contributed by atoms with E-state index < -0.39 is 0 Å². The van der Waals surface area contributed by atoms with Gasteiger partial charge in [-0.25, -0.2) is 0 Å². The average molecular weight is 198 g/mol. The molecule has 1 aliphatic carbocycles. The maximum absolute atomic E-state index is 5.01. The highest BCUT2D eigenvalue weighted by atomic mass is 32.1. The Balaban J connectivity index is 2.73. The summed E-state index contributed by atoms with van der Waals surface area (Å²) in [5.74, 6) is 2.38. The van der Waals surface area contributed by atoms with Gasteiger partial charge < -0.3 is 4.18 Å². The average Bonchev–Trinajstić information content (AvgIpc) is 2.27. The normalized spacial score (nSPS) is 23.6. The molecule has 2 heteroatoms. The lowest BCUT2D eigenvalue weighted by Crippen LogP contribution is -2.09. The van der Waals surface area contributed by atoms with Crippen molar-refractivity contribution in [2.75, 3.05) is 0 Å². The van der Waals surface area contributed by atoms with Gasteiger partial charge in [0.2, 0.25) is 0 Å². The van der Waals surface area contributed by atoms with Gasteiger partial charge >= 0.3 is 0 Å². The molecule has 0 saturated carbocycles. The molecule has 0 heterocycles. The first-order valence-electron chi connectivity index (χ1n) is 4.81. The molecule has 0 N–H and O–H groups in total. The number of hydrogen-bond acceptors (Lipinski definition) is 2. The van der Waals surface area contributed by atoms with Crippen LogP contribution in [0.4, 0.5) is 0 Å². The van der Waals surface area contributed by atoms with Gasteiger partial charge in [-0.2, -0.15) is 0 Å². The first kappa shape index (κ1) is 10.7. The third-order valence-corrected chi connectivity index (χ3v) is 2.90. The number of rotatable bonds is 2. The molecule has 1 nitrogen and oxygen atoms in total. The van der Waals surface area contributed by atoms with Gasteiger partial charge in [-0.1, -0.05) is 25.5 Å². The van der Waals surface area contributed by atoms with Crippen molar-refractivity contribution in [3.8, 4) is 0 Å². The standard InChI is InChI=1S/C11H18OS/c1-8(2)10-6-9(3)4-5-11(7-10)12-13/h4-5,8,10,13H,6-7H2,1-3H3. The molecule has 1 unspecified atom stereocenters. The van der Waals surface area contributed by atoms with Crippen LogP contribution in [0, 0.1) is 11.8 Å². The van der Waals surface area contributed by atoms with E-state index in [1.807, 2.05) is 6.08 Å². The fourth-order valence-electron chi connectivity index (χ4n) is 1.65. The third kappa shape index (κ3) is 3.11. The minimum absolute atomic E-state index is 0.692. The van der Waals surface area contributed by atoms with E-state index in [1.165, 1.54) is 12.0 Å². The summed E-state index contributed by atoms with van der Waals surface area (Å²) in [7, 11) is 0. The largest absolute Gasteiger partial charge is 0.433 e. The van der Waals surface area contributed by atoms with Crippen molar-refractivity contribution in [2.45, 2.75) is 33.6 Å². The molecule has 0 aromatic heterocycles. The highest BCUT2D eigenvalue weighted by Crippen LogP contribution is 2.30. The summed E-state index contributed by atoms with van der Waals surface area (Å²) in [6.07, 6.45) is 6.35. The van der Waals surface area contributed by atoms with Gasteiger partial charge in [0, 0.05) is 19.3 Å². The van der Waals surface area contributed by atoms with Crippen LogP contribution in [0.5, 0.6) is 0 Å². The predicted molar refractivity (Wildman–Crippen MR) is 59.5 cm³/mol. The van der Waals surface area contributed by atoms with Crippen LogP contribution >= 0.6 is 12.9 Å². The van der Waals surface area contributed by atoms with Crippen LogP contribution < -0.4 is 0 Å². The highest BCUT2D eigenvalue weighted by Gasteiger charge is 2.18. The lowest BCUT2D eigenvalue weighted by Gasteiger charge is -2.19. The highest BCUT2D eigenvalue weighted by molar-refractivity contribution is 7.75. The van der Waals surface area contributed by atoms with Crippen molar-refractivity contribution in [2.24, 2.45) is 11.8 Å². The molecular formula is C11H18OS. The molecule has 1 rings (SSSR count). The first-order chi connectivity index (χ1) is 6.13. The van der Waals surface area contributed by atoms with E-state index in [9.17, 15) is 0 Å². The van der Waals surface area contributed by atoms with Crippen molar-refractivity contribution in [3.63, 3.8) is 0 Å². The van der Waals surface area contributed by atoms with Crippen molar-refractivity contribution in [1.29, 1.82) is 0 Å². The van der Waals surface area contributed by atoms with Crippen molar-refractivity contribution >= 4 is 12.9 Å². The first-order valence-corrected chi connectivity index (χ1v) is 5.17. The summed E-state index contributed by atoms with van der Waals surface area (Å²) < 4.78 is 5.01. The molecule has 0 aliphatic heterocycles. The van der Waals surface area contributed by atoms with Gasteiger partial charge in [0.05, 0.1) is 0 Å². The van der Waals surface area contributed by atoms with Gasteiger partial charge in [-0.3, -0.25) is 0 Å². The minimum Gasteiger partial charge on any atom is -0.433 e. The maximum Gasteiger partial charge on any atom is 0.114 e. The fraction of sp³-hybridized carbons (Fsp3) is 0.636. The summed E-state index contributed by atoms with van der Waals surface area (Å²) >= 11 is 3.85. The molecule has 13 heavy (non-hydrogen) atoms. The van der Waals surface area contributed by atoms with Crippen molar-refractivity contribution in [3.05, 3.63) is 23.5 Å². The molecule has 0 saturated heterocycles. The topological polar surface area (TPSA) is 9.23 Å². The Labute approximate surface area is 86.5 Å². The fourth-order valence-corrected chi connectivity index (χ4v) is 1.79. The zero-order chi connectivity index (χ0) is 9.84. The van der Waals surface area contributed by atoms with E-state index in [0.717, 1.165) is 12.2 Å². The molecule has 74 valence electrons. The Bertz CT molecular complexity index is 228. The maximum atomic E-state index is 5.01. The van der Waals surface area contributed by atoms with Gasteiger partial charge in [0.25, 0.3) is 0 Å². The second-order valence-corrected chi connectivity index (χ2v) is 4.33. The van der Waals surface area contributed by atoms with Gasteiger partial charge in [0.1, 0.15) is 5.76 Å². The van der Waals surface area contributed by atoms with Crippen molar-refractivity contribution in [1.82, 2.24) is 0 Å². The van der Waals surface area contributed by atoms with Crippen molar-refractivity contribution < 1.29 is 4.18 Å². The van der Waals surface area contributed by atoms with E-state index >= 15 is 0 Å². The zero-order valence-electron chi connectivity index (χ0n) is 8.58. The lowest BCUT2D eigenvalue weighted by molar-refractivity contribution is 0.336. The van der Waals surface area contributed by atoms with Crippen LogP contribution in [0.25, 0.3) is 0 Å². The van der Waals surface area contributed by atoms with Crippen LogP contribution in [-0.4, -0.2) is 0 Å². The lowest BCUT2D eigenvalue weighted by atomic mass is 9.87. The molecule has 0 amide bonds. The van der Waals surface area contributed by atoms with Gasteiger partial charge in [-0.15, -0.1) is 0 Å². The summed E-state index contributed by atoms with van der Waals surface area (Å²) in [4.78, 5) is 0. The number of hydrogen-bond donors (Lipinski definition) is 1. The van der Waals surface area contributed by atoms with Gasteiger partial charge in [-0.05, 0) is 31.3 Å². The molecule has 0 fully saturated rings. The number of allylic oxidation sites excluding steroid dienone is 4. The second kappa shape index (κ2) is 4.75.